The Balaban J connectivity index is 1.93. The zero-order valence-electron chi connectivity index (χ0n) is 17.3. The molecule has 0 aliphatic rings. The molecule has 0 aliphatic heterocycles. The van der Waals surface area contributed by atoms with E-state index in [1.807, 2.05) is 36.4 Å². The third kappa shape index (κ3) is 4.15. The summed E-state index contributed by atoms with van der Waals surface area (Å²) in [4.78, 5) is 12.2. The van der Waals surface area contributed by atoms with E-state index in [0.29, 0.717) is 5.75 Å². The number of anilines is 1. The summed E-state index contributed by atoms with van der Waals surface area (Å²) in [6.07, 6.45) is 0. The van der Waals surface area contributed by atoms with Crippen LogP contribution in [0.15, 0.2) is 95.9 Å². The summed E-state index contributed by atoms with van der Waals surface area (Å²) < 4.78 is 33.8. The van der Waals surface area contributed by atoms with Gasteiger partial charge in [0, 0.05) is 0 Å². The van der Waals surface area contributed by atoms with Gasteiger partial charge < -0.3 is 9.84 Å². The summed E-state index contributed by atoms with van der Waals surface area (Å²) in [5.41, 5.74) is 0.752. The number of hydrogen-bond acceptors (Lipinski definition) is 4. The molecule has 7 heteroatoms. The predicted molar refractivity (Wildman–Crippen MR) is 124 cm³/mol. The van der Waals surface area contributed by atoms with E-state index < -0.39 is 16.0 Å². The SMILES string of the molecule is COc1ccc(S(=O)(=O)N(Cc2ccccc2)c2cc3ccccc3cc2C(=O)O)cc1. The Kier molecular flexibility index (Phi) is 5.83. The number of carbonyl (C=O) groups is 1. The zero-order valence-corrected chi connectivity index (χ0v) is 18.1. The highest BCUT2D eigenvalue weighted by molar-refractivity contribution is 7.92. The van der Waals surface area contributed by atoms with E-state index in [1.165, 1.54) is 25.3 Å². The highest BCUT2D eigenvalue weighted by atomic mass is 32.2. The van der Waals surface area contributed by atoms with E-state index in [0.717, 1.165) is 20.6 Å². The molecule has 0 aromatic heterocycles. The van der Waals surface area contributed by atoms with Gasteiger partial charge in [0.2, 0.25) is 0 Å². The van der Waals surface area contributed by atoms with Gasteiger partial charge in [0.25, 0.3) is 10.0 Å². The van der Waals surface area contributed by atoms with Gasteiger partial charge in [-0.15, -0.1) is 0 Å². The van der Waals surface area contributed by atoms with Crippen LogP contribution in [0.1, 0.15) is 15.9 Å². The Hall–Kier alpha value is -3.84. The molecule has 0 fully saturated rings. The monoisotopic (exact) mass is 447 g/mol. The first kappa shape index (κ1) is 21.4. The number of methoxy groups -OCH3 is 1. The van der Waals surface area contributed by atoms with Crippen molar-refractivity contribution >= 4 is 32.5 Å². The third-order valence-electron chi connectivity index (χ3n) is 5.18. The van der Waals surface area contributed by atoms with E-state index in [9.17, 15) is 18.3 Å². The molecule has 0 saturated carbocycles. The van der Waals surface area contributed by atoms with Crippen molar-refractivity contribution in [3.63, 3.8) is 0 Å². The maximum Gasteiger partial charge on any atom is 0.337 e. The van der Waals surface area contributed by atoms with Crippen LogP contribution >= 0.6 is 0 Å². The molecule has 0 amide bonds. The molecule has 0 radical (unpaired) electrons. The first-order chi connectivity index (χ1) is 15.4. The number of aromatic carboxylic acids is 1. The second-order valence-electron chi connectivity index (χ2n) is 7.19. The molecule has 4 aromatic rings. The first-order valence-electron chi connectivity index (χ1n) is 9.87. The third-order valence-corrected chi connectivity index (χ3v) is 6.95. The Morgan fingerprint density at radius 2 is 1.47 bits per heavy atom. The highest BCUT2D eigenvalue weighted by Crippen LogP contribution is 2.33. The molecule has 0 bridgehead atoms. The molecule has 6 nitrogen and oxygen atoms in total. The molecule has 0 unspecified atom stereocenters. The Labute approximate surface area is 186 Å². The van der Waals surface area contributed by atoms with Crippen LogP contribution in [0.25, 0.3) is 10.8 Å². The lowest BCUT2D eigenvalue weighted by Crippen LogP contribution is -2.32. The number of fused-ring (bicyclic) bond motifs is 1. The average Bonchev–Trinajstić information content (AvgIpc) is 2.82. The summed E-state index contributed by atoms with van der Waals surface area (Å²) in [6.45, 7) is -0.0200. The molecule has 0 saturated heterocycles. The van der Waals surface area contributed by atoms with Crippen molar-refractivity contribution in [2.75, 3.05) is 11.4 Å². The lowest BCUT2D eigenvalue weighted by molar-refractivity contribution is 0.0698. The van der Waals surface area contributed by atoms with Gasteiger partial charge in [0.05, 0.1) is 29.8 Å². The fourth-order valence-electron chi connectivity index (χ4n) is 3.53. The lowest BCUT2D eigenvalue weighted by atomic mass is 10.0. The highest BCUT2D eigenvalue weighted by Gasteiger charge is 2.29. The number of carboxylic acids is 1. The second kappa shape index (κ2) is 8.72. The minimum Gasteiger partial charge on any atom is -0.497 e. The molecule has 162 valence electrons. The van der Waals surface area contributed by atoms with Crippen LogP contribution in [-0.2, 0) is 16.6 Å². The van der Waals surface area contributed by atoms with Crippen LogP contribution < -0.4 is 9.04 Å². The summed E-state index contributed by atoms with van der Waals surface area (Å²) in [7, 11) is -2.59. The maximum absolute atomic E-state index is 13.7. The van der Waals surface area contributed by atoms with Gasteiger partial charge in [-0.2, -0.15) is 0 Å². The van der Waals surface area contributed by atoms with Gasteiger partial charge in [-0.3, -0.25) is 4.31 Å². The summed E-state index contributed by atoms with van der Waals surface area (Å²) in [6, 6.07) is 25.5. The minimum atomic E-state index is -4.09. The standard InChI is InChI=1S/C25H21NO5S/c1-31-21-11-13-22(14-12-21)32(29,30)26(17-18-7-3-2-4-8-18)24-16-20-10-6-5-9-19(20)15-23(24)25(27)28/h2-16H,17H2,1H3,(H,27,28). The van der Waals surface area contributed by atoms with E-state index in [2.05, 4.69) is 0 Å². The number of benzene rings is 4. The number of nitrogens with zero attached hydrogens (tertiary/aromatic N) is 1. The molecule has 4 aromatic carbocycles. The van der Waals surface area contributed by atoms with E-state index in [1.54, 1.807) is 36.4 Å². The summed E-state index contributed by atoms with van der Waals surface area (Å²) in [5, 5.41) is 11.4. The van der Waals surface area contributed by atoms with E-state index in [-0.39, 0.29) is 22.7 Å². The van der Waals surface area contributed by atoms with E-state index in [4.69, 9.17) is 4.74 Å². The smallest absolute Gasteiger partial charge is 0.337 e. The second-order valence-corrected chi connectivity index (χ2v) is 9.06. The fraction of sp³-hybridized carbons (Fsp3) is 0.0800. The van der Waals surface area contributed by atoms with Crippen molar-refractivity contribution in [2.24, 2.45) is 0 Å². The van der Waals surface area contributed by atoms with Crippen molar-refractivity contribution in [1.29, 1.82) is 0 Å². The molecule has 0 heterocycles. The van der Waals surface area contributed by atoms with Crippen molar-refractivity contribution in [3.8, 4) is 5.75 Å². The molecule has 0 spiro atoms. The lowest BCUT2D eigenvalue weighted by Gasteiger charge is -2.26. The summed E-state index contributed by atoms with van der Waals surface area (Å²) >= 11 is 0. The molecule has 1 N–H and O–H groups in total. The van der Waals surface area contributed by atoms with Gasteiger partial charge in [-0.1, -0.05) is 54.6 Å². The summed E-state index contributed by atoms with van der Waals surface area (Å²) in [5.74, 6) is -0.677. The molecular weight excluding hydrogens is 426 g/mol. The predicted octanol–water partition coefficient (Wildman–Crippen LogP) is 4.94. The molecule has 0 atom stereocenters. The Bertz CT molecular complexity index is 1370. The molecule has 0 aliphatic carbocycles. The topological polar surface area (TPSA) is 83.9 Å². The molecule has 4 rings (SSSR count). The van der Waals surface area contributed by atoms with Crippen molar-refractivity contribution in [2.45, 2.75) is 11.4 Å². The van der Waals surface area contributed by atoms with Crippen LogP contribution in [0.2, 0.25) is 0 Å². The van der Waals surface area contributed by atoms with Crippen molar-refractivity contribution in [3.05, 3.63) is 102 Å². The average molecular weight is 448 g/mol. The van der Waals surface area contributed by atoms with Crippen LogP contribution in [0, 0.1) is 0 Å². The van der Waals surface area contributed by atoms with Gasteiger partial charge in [-0.05, 0) is 52.7 Å². The van der Waals surface area contributed by atoms with Crippen LogP contribution in [0.4, 0.5) is 5.69 Å². The van der Waals surface area contributed by atoms with Gasteiger partial charge in [-0.25, -0.2) is 13.2 Å². The normalized spacial score (nSPS) is 11.3. The van der Waals surface area contributed by atoms with Gasteiger partial charge in [0.1, 0.15) is 5.75 Å². The molecule has 32 heavy (non-hydrogen) atoms. The van der Waals surface area contributed by atoms with Gasteiger partial charge >= 0.3 is 5.97 Å². The minimum absolute atomic E-state index is 0.0200. The van der Waals surface area contributed by atoms with Crippen LogP contribution in [-0.4, -0.2) is 26.6 Å². The van der Waals surface area contributed by atoms with E-state index >= 15 is 0 Å². The number of hydrogen-bond donors (Lipinski definition) is 1. The fourth-order valence-corrected chi connectivity index (χ4v) is 4.99. The van der Waals surface area contributed by atoms with Crippen molar-refractivity contribution < 1.29 is 23.1 Å². The zero-order chi connectivity index (χ0) is 22.7. The number of sulfonamides is 1. The number of carboxylic acid groups (broad SMARTS) is 1. The van der Waals surface area contributed by atoms with Crippen LogP contribution in [0.3, 0.4) is 0 Å². The quantitative estimate of drug-likeness (QED) is 0.434. The van der Waals surface area contributed by atoms with Gasteiger partial charge in [0.15, 0.2) is 0 Å². The molecular formula is C25H21NO5S. The number of rotatable bonds is 7. The largest absolute Gasteiger partial charge is 0.497 e. The Morgan fingerprint density at radius 3 is 2.06 bits per heavy atom. The van der Waals surface area contributed by atoms with Crippen molar-refractivity contribution in [1.82, 2.24) is 0 Å². The Morgan fingerprint density at radius 1 is 0.875 bits per heavy atom. The first-order valence-corrected chi connectivity index (χ1v) is 11.3. The maximum atomic E-state index is 13.7. The number of ether oxygens (including phenoxy) is 1. The van der Waals surface area contributed by atoms with Crippen LogP contribution in [0.5, 0.6) is 5.75 Å².